The monoisotopic (exact) mass is 380 g/mol. The standard InChI is InChI=1S/C15H25BrO4S/c1-2-3-5-17-6-7-18-8-9-19-10-11-20-13-15-14(16)4-12-21-15/h4,12H,2-3,5-11,13H2,1H3. The zero-order valence-electron chi connectivity index (χ0n) is 12.6. The molecule has 21 heavy (non-hydrogen) atoms. The van der Waals surface area contributed by atoms with Gasteiger partial charge in [-0.3, -0.25) is 0 Å². The number of hydrogen-bond donors (Lipinski definition) is 0. The second-order valence-electron chi connectivity index (χ2n) is 4.43. The summed E-state index contributed by atoms with van der Waals surface area (Å²) < 4.78 is 22.9. The molecule has 1 rings (SSSR count). The van der Waals surface area contributed by atoms with Gasteiger partial charge in [0.25, 0.3) is 0 Å². The molecule has 0 saturated heterocycles. The molecule has 1 aromatic rings. The highest BCUT2D eigenvalue weighted by Crippen LogP contribution is 2.23. The maximum atomic E-state index is 5.54. The van der Waals surface area contributed by atoms with Crippen molar-refractivity contribution >= 4 is 27.3 Å². The molecule has 0 aliphatic carbocycles. The van der Waals surface area contributed by atoms with Crippen molar-refractivity contribution in [3.63, 3.8) is 0 Å². The van der Waals surface area contributed by atoms with Crippen LogP contribution in [0.3, 0.4) is 0 Å². The molecule has 0 aromatic carbocycles. The third kappa shape index (κ3) is 10.4. The number of halogens is 1. The maximum absolute atomic E-state index is 5.54. The molecule has 4 nitrogen and oxygen atoms in total. The zero-order valence-corrected chi connectivity index (χ0v) is 15.0. The lowest BCUT2D eigenvalue weighted by atomic mass is 10.4. The minimum absolute atomic E-state index is 0.597. The van der Waals surface area contributed by atoms with Crippen molar-refractivity contribution in [1.82, 2.24) is 0 Å². The molecular weight excluding hydrogens is 356 g/mol. The molecule has 0 saturated carbocycles. The van der Waals surface area contributed by atoms with Crippen molar-refractivity contribution in [2.75, 3.05) is 46.2 Å². The largest absolute Gasteiger partial charge is 0.379 e. The molecule has 0 bridgehead atoms. The number of ether oxygens (including phenoxy) is 4. The molecule has 0 aliphatic rings. The van der Waals surface area contributed by atoms with Crippen molar-refractivity contribution in [2.45, 2.75) is 26.4 Å². The second kappa shape index (κ2) is 13.7. The van der Waals surface area contributed by atoms with Gasteiger partial charge in [0.05, 0.1) is 46.2 Å². The fraction of sp³-hybridized carbons (Fsp3) is 0.733. The van der Waals surface area contributed by atoms with Crippen molar-refractivity contribution in [1.29, 1.82) is 0 Å². The van der Waals surface area contributed by atoms with Crippen molar-refractivity contribution in [3.05, 3.63) is 20.8 Å². The third-order valence-corrected chi connectivity index (χ3v) is 4.58. The van der Waals surface area contributed by atoms with Crippen LogP contribution in [0.2, 0.25) is 0 Å². The molecule has 0 amide bonds. The Morgan fingerprint density at radius 1 is 0.905 bits per heavy atom. The van der Waals surface area contributed by atoms with Crippen molar-refractivity contribution < 1.29 is 18.9 Å². The van der Waals surface area contributed by atoms with Crippen LogP contribution in [0.5, 0.6) is 0 Å². The summed E-state index contributed by atoms with van der Waals surface area (Å²) >= 11 is 5.17. The molecule has 0 fully saturated rings. The summed E-state index contributed by atoms with van der Waals surface area (Å²) in [6.45, 7) is 7.31. The van der Waals surface area contributed by atoms with Gasteiger partial charge in [-0.25, -0.2) is 0 Å². The topological polar surface area (TPSA) is 36.9 Å². The van der Waals surface area contributed by atoms with E-state index in [1.165, 1.54) is 11.3 Å². The first kappa shape index (κ1) is 19.1. The van der Waals surface area contributed by atoms with Crippen LogP contribution < -0.4 is 0 Å². The molecule has 1 aromatic heterocycles. The minimum Gasteiger partial charge on any atom is -0.379 e. The predicted molar refractivity (Wildman–Crippen MR) is 89.0 cm³/mol. The normalized spacial score (nSPS) is 11.1. The SMILES string of the molecule is CCCCOCCOCCOCCOCc1sccc1Br. The fourth-order valence-corrected chi connectivity index (χ4v) is 2.90. The smallest absolute Gasteiger partial charge is 0.0821 e. The second-order valence-corrected chi connectivity index (χ2v) is 6.29. The number of hydrogen-bond acceptors (Lipinski definition) is 5. The summed E-state index contributed by atoms with van der Waals surface area (Å²) in [4.78, 5) is 1.21. The van der Waals surface area contributed by atoms with Gasteiger partial charge in [-0.2, -0.15) is 0 Å². The first-order valence-electron chi connectivity index (χ1n) is 7.37. The highest BCUT2D eigenvalue weighted by atomic mass is 79.9. The number of unbranched alkanes of at least 4 members (excludes halogenated alkanes) is 1. The summed E-state index contributed by atoms with van der Waals surface area (Å²) in [6.07, 6.45) is 2.28. The Morgan fingerprint density at radius 2 is 1.48 bits per heavy atom. The molecule has 0 N–H and O–H groups in total. The Morgan fingerprint density at radius 3 is 2.00 bits per heavy atom. The van der Waals surface area contributed by atoms with Gasteiger partial charge in [-0.15, -0.1) is 11.3 Å². The minimum atomic E-state index is 0.597. The van der Waals surface area contributed by atoms with Crippen molar-refractivity contribution in [3.8, 4) is 0 Å². The molecular formula is C15H25BrO4S. The summed E-state index contributed by atoms with van der Waals surface area (Å²) in [6, 6.07) is 2.03. The summed E-state index contributed by atoms with van der Waals surface area (Å²) in [5.74, 6) is 0. The van der Waals surface area contributed by atoms with Crippen LogP contribution in [0.15, 0.2) is 15.9 Å². The molecule has 0 spiro atoms. The van der Waals surface area contributed by atoms with E-state index in [0.29, 0.717) is 46.2 Å². The molecule has 0 aliphatic heterocycles. The summed E-state index contributed by atoms with van der Waals surface area (Å²) in [5.41, 5.74) is 0. The van der Waals surface area contributed by atoms with Crippen LogP contribution in [-0.4, -0.2) is 46.2 Å². The van der Waals surface area contributed by atoms with E-state index in [1.54, 1.807) is 11.3 Å². The van der Waals surface area contributed by atoms with Gasteiger partial charge in [0.2, 0.25) is 0 Å². The van der Waals surface area contributed by atoms with Gasteiger partial charge < -0.3 is 18.9 Å². The highest BCUT2D eigenvalue weighted by molar-refractivity contribution is 9.10. The Kier molecular flexibility index (Phi) is 12.4. The molecule has 0 atom stereocenters. The van der Waals surface area contributed by atoms with Gasteiger partial charge in [0.1, 0.15) is 0 Å². The number of rotatable bonds is 14. The van der Waals surface area contributed by atoms with Gasteiger partial charge in [0.15, 0.2) is 0 Å². The van der Waals surface area contributed by atoms with Crippen LogP contribution in [0, 0.1) is 0 Å². The van der Waals surface area contributed by atoms with E-state index < -0.39 is 0 Å². The lowest BCUT2D eigenvalue weighted by Crippen LogP contribution is -2.12. The molecule has 122 valence electrons. The van der Waals surface area contributed by atoms with Crippen LogP contribution in [0.1, 0.15) is 24.6 Å². The summed E-state index contributed by atoms with van der Waals surface area (Å²) in [7, 11) is 0. The molecule has 0 radical (unpaired) electrons. The van der Waals surface area contributed by atoms with Gasteiger partial charge in [0, 0.05) is 16.0 Å². The predicted octanol–water partition coefficient (Wildman–Crippen LogP) is 3.88. The van der Waals surface area contributed by atoms with Crippen LogP contribution >= 0.6 is 27.3 Å². The average Bonchev–Trinajstić information content (AvgIpc) is 2.89. The van der Waals surface area contributed by atoms with Crippen LogP contribution in [0.25, 0.3) is 0 Å². The van der Waals surface area contributed by atoms with E-state index >= 15 is 0 Å². The first-order valence-corrected chi connectivity index (χ1v) is 9.04. The van der Waals surface area contributed by atoms with Crippen LogP contribution in [-0.2, 0) is 25.6 Å². The van der Waals surface area contributed by atoms with Gasteiger partial charge in [-0.05, 0) is 33.8 Å². The maximum Gasteiger partial charge on any atom is 0.0821 e. The van der Waals surface area contributed by atoms with E-state index in [-0.39, 0.29) is 0 Å². The Balaban J connectivity index is 1.76. The average molecular weight is 381 g/mol. The first-order chi connectivity index (χ1) is 10.3. The van der Waals surface area contributed by atoms with E-state index in [1.807, 2.05) is 11.4 Å². The lowest BCUT2D eigenvalue weighted by molar-refractivity contribution is -0.00408. The molecule has 0 unspecified atom stereocenters. The van der Waals surface area contributed by atoms with Gasteiger partial charge >= 0.3 is 0 Å². The molecule has 6 heteroatoms. The number of thiophene rings is 1. The Hall–Kier alpha value is 0.0200. The fourth-order valence-electron chi connectivity index (χ4n) is 1.50. The highest BCUT2D eigenvalue weighted by Gasteiger charge is 2.00. The quantitative estimate of drug-likeness (QED) is 0.459. The third-order valence-electron chi connectivity index (χ3n) is 2.68. The summed E-state index contributed by atoms with van der Waals surface area (Å²) in [5, 5.41) is 2.04. The molecule has 1 heterocycles. The van der Waals surface area contributed by atoms with Gasteiger partial charge in [-0.1, -0.05) is 13.3 Å². The van der Waals surface area contributed by atoms with Crippen LogP contribution in [0.4, 0.5) is 0 Å². The van der Waals surface area contributed by atoms with E-state index in [0.717, 1.165) is 17.5 Å². The van der Waals surface area contributed by atoms with Crippen molar-refractivity contribution in [2.24, 2.45) is 0 Å². The Bertz CT molecular complexity index is 346. The lowest BCUT2D eigenvalue weighted by Gasteiger charge is -2.07. The Labute approximate surface area is 139 Å². The van der Waals surface area contributed by atoms with E-state index in [9.17, 15) is 0 Å². The van der Waals surface area contributed by atoms with E-state index in [4.69, 9.17) is 18.9 Å². The van der Waals surface area contributed by atoms with E-state index in [2.05, 4.69) is 22.9 Å². The zero-order chi connectivity index (χ0) is 15.2.